The smallest absolute Gasteiger partial charge is 0.0657 e. The number of aliphatic hydroxyl groups is 1. The molecule has 0 bridgehead atoms. The molecule has 0 fully saturated rings. The van der Waals surface area contributed by atoms with E-state index in [0.717, 1.165) is 10.0 Å². The van der Waals surface area contributed by atoms with Crippen molar-refractivity contribution < 1.29 is 5.11 Å². The zero-order valence-corrected chi connectivity index (χ0v) is 13.6. The third-order valence-corrected chi connectivity index (χ3v) is 4.76. The van der Waals surface area contributed by atoms with Crippen molar-refractivity contribution in [1.29, 1.82) is 0 Å². The molecule has 2 rings (SSSR count). The van der Waals surface area contributed by atoms with Crippen LogP contribution in [-0.2, 0) is 12.1 Å². The zero-order valence-electron chi connectivity index (χ0n) is 10.5. The fraction of sp³-hybridized carbons (Fsp3) is 0.286. The van der Waals surface area contributed by atoms with Crippen molar-refractivity contribution in [3.8, 4) is 0 Å². The largest absolute Gasteiger partial charge is 0.394 e. The third-order valence-electron chi connectivity index (χ3n) is 3.07. The summed E-state index contributed by atoms with van der Waals surface area (Å²) in [6, 6.07) is 9.80. The highest BCUT2D eigenvalue weighted by atomic mass is 79.9. The molecule has 1 heterocycles. The van der Waals surface area contributed by atoms with Crippen LogP contribution in [-0.4, -0.2) is 11.7 Å². The summed E-state index contributed by atoms with van der Waals surface area (Å²) in [7, 11) is 0. The van der Waals surface area contributed by atoms with Crippen LogP contribution < -0.4 is 5.32 Å². The number of rotatable bonds is 5. The summed E-state index contributed by atoms with van der Waals surface area (Å²) in [5.41, 5.74) is 0.346. The minimum absolute atomic E-state index is 0.0142. The van der Waals surface area contributed by atoms with Crippen molar-refractivity contribution in [1.82, 2.24) is 5.32 Å². The first-order valence-corrected chi connectivity index (χ1v) is 7.94. The molecule has 0 spiro atoms. The van der Waals surface area contributed by atoms with E-state index in [1.165, 1.54) is 4.88 Å². The van der Waals surface area contributed by atoms with Gasteiger partial charge in [-0.05, 0) is 36.1 Å². The number of benzene rings is 1. The first-order valence-electron chi connectivity index (χ1n) is 5.89. The van der Waals surface area contributed by atoms with E-state index in [1.54, 1.807) is 11.3 Å². The molecule has 0 saturated carbocycles. The second-order valence-electron chi connectivity index (χ2n) is 4.55. The molecular weight excluding hydrogens is 346 g/mol. The summed E-state index contributed by atoms with van der Waals surface area (Å²) in [5, 5.41) is 15.8. The van der Waals surface area contributed by atoms with Crippen molar-refractivity contribution in [3.63, 3.8) is 0 Å². The van der Waals surface area contributed by atoms with Gasteiger partial charge in [-0.3, -0.25) is 0 Å². The first kappa shape index (κ1) is 15.0. The SMILES string of the molecule is CC(CO)(NCc1cccs1)c1ccc(Br)cc1Cl. The van der Waals surface area contributed by atoms with Crippen LogP contribution in [0.1, 0.15) is 17.4 Å². The van der Waals surface area contributed by atoms with E-state index < -0.39 is 5.54 Å². The van der Waals surface area contributed by atoms with Gasteiger partial charge >= 0.3 is 0 Å². The molecule has 0 radical (unpaired) electrons. The summed E-state index contributed by atoms with van der Waals surface area (Å²) in [4.78, 5) is 1.23. The topological polar surface area (TPSA) is 32.3 Å². The lowest BCUT2D eigenvalue weighted by Crippen LogP contribution is -2.42. The van der Waals surface area contributed by atoms with Crippen LogP contribution in [0.4, 0.5) is 0 Å². The highest BCUT2D eigenvalue weighted by Crippen LogP contribution is 2.30. The molecule has 0 aliphatic heterocycles. The Balaban J connectivity index is 2.21. The van der Waals surface area contributed by atoms with Crippen LogP contribution in [0.15, 0.2) is 40.2 Å². The van der Waals surface area contributed by atoms with Crippen LogP contribution in [0.3, 0.4) is 0 Å². The maximum Gasteiger partial charge on any atom is 0.0657 e. The highest BCUT2D eigenvalue weighted by molar-refractivity contribution is 9.10. The van der Waals surface area contributed by atoms with Crippen molar-refractivity contribution in [3.05, 3.63) is 55.6 Å². The minimum Gasteiger partial charge on any atom is -0.394 e. The molecule has 1 unspecified atom stereocenters. The first-order chi connectivity index (χ1) is 9.05. The van der Waals surface area contributed by atoms with Crippen molar-refractivity contribution in [2.24, 2.45) is 0 Å². The molecule has 5 heteroatoms. The number of halogens is 2. The number of hydrogen-bond acceptors (Lipinski definition) is 3. The molecule has 0 saturated heterocycles. The number of thiophene rings is 1. The van der Waals surface area contributed by atoms with Gasteiger partial charge in [0.1, 0.15) is 0 Å². The van der Waals surface area contributed by atoms with E-state index in [0.29, 0.717) is 11.6 Å². The van der Waals surface area contributed by atoms with Crippen LogP contribution in [0, 0.1) is 0 Å². The fourth-order valence-electron chi connectivity index (χ4n) is 1.87. The minimum atomic E-state index is -0.554. The monoisotopic (exact) mass is 359 g/mol. The van der Waals surface area contributed by atoms with Gasteiger partial charge in [0.2, 0.25) is 0 Å². The molecular formula is C14H15BrClNOS. The predicted octanol–water partition coefficient (Wildman–Crippen LogP) is 4.16. The molecule has 102 valence electrons. The molecule has 1 aromatic carbocycles. The van der Waals surface area contributed by atoms with E-state index >= 15 is 0 Å². The maximum atomic E-state index is 9.73. The molecule has 0 aliphatic carbocycles. The van der Waals surface area contributed by atoms with Gasteiger partial charge in [0.25, 0.3) is 0 Å². The average molecular weight is 361 g/mol. The van der Waals surface area contributed by atoms with E-state index in [1.807, 2.05) is 36.6 Å². The van der Waals surface area contributed by atoms with Crippen molar-refractivity contribution >= 4 is 38.9 Å². The summed E-state index contributed by atoms with van der Waals surface area (Å²) in [6.07, 6.45) is 0. The van der Waals surface area contributed by atoms with Gasteiger partial charge in [-0.1, -0.05) is 39.7 Å². The Bertz CT molecular complexity index is 546. The summed E-state index contributed by atoms with van der Waals surface area (Å²) in [5.74, 6) is 0. The number of hydrogen-bond donors (Lipinski definition) is 2. The summed E-state index contributed by atoms with van der Waals surface area (Å²) < 4.78 is 0.930. The lowest BCUT2D eigenvalue weighted by atomic mass is 9.92. The standard InChI is InChI=1S/C14H15BrClNOS/c1-14(9-18,17-8-11-3-2-6-19-11)12-5-4-10(15)7-13(12)16/h2-7,17-18H,8-9H2,1H3. The summed E-state index contributed by atoms with van der Waals surface area (Å²) in [6.45, 7) is 2.65. The van der Waals surface area contributed by atoms with Gasteiger partial charge in [0.15, 0.2) is 0 Å². The predicted molar refractivity (Wildman–Crippen MR) is 84.7 cm³/mol. The Morgan fingerprint density at radius 2 is 2.21 bits per heavy atom. The Hall–Kier alpha value is -0.390. The quantitative estimate of drug-likeness (QED) is 0.839. The second kappa shape index (κ2) is 6.37. The van der Waals surface area contributed by atoms with Crippen LogP contribution in [0.25, 0.3) is 0 Å². The van der Waals surface area contributed by atoms with Crippen molar-refractivity contribution in [2.45, 2.75) is 19.0 Å². The second-order valence-corrected chi connectivity index (χ2v) is 6.90. The molecule has 0 amide bonds. The number of nitrogens with one attached hydrogen (secondary N) is 1. The van der Waals surface area contributed by atoms with Gasteiger partial charge < -0.3 is 10.4 Å². The van der Waals surface area contributed by atoms with Crippen LogP contribution >= 0.6 is 38.9 Å². The fourth-order valence-corrected chi connectivity index (χ4v) is 3.40. The molecule has 1 atom stereocenters. The average Bonchev–Trinajstić information content (AvgIpc) is 2.89. The molecule has 2 N–H and O–H groups in total. The lowest BCUT2D eigenvalue weighted by molar-refractivity contribution is 0.174. The van der Waals surface area contributed by atoms with Gasteiger partial charge in [-0.25, -0.2) is 0 Å². The van der Waals surface area contributed by atoms with Crippen LogP contribution in [0.2, 0.25) is 5.02 Å². The lowest BCUT2D eigenvalue weighted by Gasteiger charge is -2.30. The maximum absolute atomic E-state index is 9.73. The van der Waals surface area contributed by atoms with Crippen molar-refractivity contribution in [2.75, 3.05) is 6.61 Å². The molecule has 1 aromatic heterocycles. The van der Waals surface area contributed by atoms with Gasteiger partial charge in [0, 0.05) is 20.9 Å². The number of aliphatic hydroxyl groups excluding tert-OH is 1. The summed E-state index contributed by atoms with van der Waals surface area (Å²) >= 11 is 11.4. The Labute approximate surface area is 130 Å². The van der Waals surface area contributed by atoms with E-state index in [2.05, 4.69) is 27.3 Å². The zero-order chi connectivity index (χ0) is 13.9. The third kappa shape index (κ3) is 3.58. The Morgan fingerprint density at radius 1 is 1.42 bits per heavy atom. The van der Waals surface area contributed by atoms with Gasteiger partial charge in [-0.2, -0.15) is 0 Å². The molecule has 2 nitrogen and oxygen atoms in total. The van der Waals surface area contributed by atoms with E-state index in [-0.39, 0.29) is 6.61 Å². The normalized spacial score (nSPS) is 14.3. The Kier molecular flexibility index (Phi) is 5.03. The molecule has 0 aliphatic rings. The Morgan fingerprint density at radius 3 is 2.79 bits per heavy atom. The highest BCUT2D eigenvalue weighted by Gasteiger charge is 2.27. The van der Waals surface area contributed by atoms with E-state index in [9.17, 15) is 5.11 Å². The van der Waals surface area contributed by atoms with E-state index in [4.69, 9.17) is 11.6 Å². The molecule has 19 heavy (non-hydrogen) atoms. The van der Waals surface area contributed by atoms with Crippen LogP contribution in [0.5, 0.6) is 0 Å². The van der Waals surface area contributed by atoms with Gasteiger partial charge in [-0.15, -0.1) is 11.3 Å². The molecule has 2 aromatic rings. The van der Waals surface area contributed by atoms with Gasteiger partial charge in [0.05, 0.1) is 12.1 Å².